The first-order valence-electron chi connectivity index (χ1n) is 9.15. The van der Waals surface area contributed by atoms with Crippen LogP contribution in [-0.4, -0.2) is 21.9 Å². The number of furan rings is 1. The minimum Gasteiger partial charge on any atom is -0.461 e. The molecular weight excluding hydrogens is 346 g/mol. The molecule has 0 saturated heterocycles. The Balaban J connectivity index is 1.64. The van der Waals surface area contributed by atoms with E-state index < -0.39 is 0 Å². The van der Waals surface area contributed by atoms with Gasteiger partial charge in [-0.3, -0.25) is 4.79 Å². The molecule has 3 aromatic heterocycles. The largest absolute Gasteiger partial charge is 0.461 e. The highest BCUT2D eigenvalue weighted by Crippen LogP contribution is 2.33. The molecule has 1 aliphatic carbocycles. The van der Waals surface area contributed by atoms with E-state index in [4.69, 9.17) is 4.42 Å². The molecule has 26 heavy (non-hydrogen) atoms. The highest BCUT2D eigenvalue weighted by molar-refractivity contribution is 7.20. The third kappa shape index (κ3) is 3.14. The third-order valence-electron chi connectivity index (χ3n) is 5.27. The molecule has 3 heterocycles. The van der Waals surface area contributed by atoms with Crippen molar-refractivity contribution in [2.45, 2.75) is 52.5 Å². The molecule has 0 spiro atoms. The minimum atomic E-state index is 0.0176. The summed E-state index contributed by atoms with van der Waals surface area (Å²) in [7, 11) is 0. The van der Waals surface area contributed by atoms with Crippen molar-refractivity contribution in [2.24, 2.45) is 5.92 Å². The summed E-state index contributed by atoms with van der Waals surface area (Å²) in [6.45, 7) is 6.23. The Bertz CT molecular complexity index is 938. The van der Waals surface area contributed by atoms with Gasteiger partial charge < -0.3 is 9.73 Å². The van der Waals surface area contributed by atoms with Crippen LogP contribution in [0.4, 0.5) is 0 Å². The Morgan fingerprint density at radius 3 is 2.69 bits per heavy atom. The smallest absolute Gasteiger partial charge is 0.261 e. The number of nitrogens with one attached hydrogen (secondary N) is 1. The first kappa shape index (κ1) is 17.2. The molecule has 0 atom stereocenters. The van der Waals surface area contributed by atoms with Gasteiger partial charge in [0.2, 0.25) is 0 Å². The second-order valence-electron chi connectivity index (χ2n) is 7.28. The molecule has 3 aromatic rings. The molecule has 0 radical (unpaired) electrons. The second-order valence-corrected chi connectivity index (χ2v) is 8.28. The molecule has 0 bridgehead atoms. The van der Waals surface area contributed by atoms with Gasteiger partial charge in [-0.1, -0.05) is 6.92 Å². The van der Waals surface area contributed by atoms with E-state index in [1.54, 1.807) is 6.26 Å². The number of carbonyl (C=O) groups excluding carboxylic acids is 1. The van der Waals surface area contributed by atoms with Crippen molar-refractivity contribution < 1.29 is 9.21 Å². The van der Waals surface area contributed by atoms with E-state index in [1.807, 2.05) is 26.0 Å². The van der Waals surface area contributed by atoms with E-state index in [9.17, 15) is 4.79 Å². The number of carbonyl (C=O) groups is 1. The number of aromatic nitrogens is 2. The van der Waals surface area contributed by atoms with Crippen LogP contribution in [0.1, 0.15) is 53.5 Å². The Hall–Kier alpha value is -2.21. The van der Waals surface area contributed by atoms with Gasteiger partial charge in [0.25, 0.3) is 5.91 Å². The molecule has 0 aromatic carbocycles. The predicted octanol–water partition coefficient (Wildman–Crippen LogP) is 4.88. The molecule has 1 N–H and O–H groups in total. The molecule has 4 rings (SSSR count). The Labute approximate surface area is 156 Å². The van der Waals surface area contributed by atoms with E-state index in [-0.39, 0.29) is 11.9 Å². The van der Waals surface area contributed by atoms with E-state index >= 15 is 0 Å². The fourth-order valence-electron chi connectivity index (χ4n) is 3.73. The van der Waals surface area contributed by atoms with Gasteiger partial charge in [0.15, 0.2) is 11.6 Å². The lowest BCUT2D eigenvalue weighted by molar-refractivity contribution is 0.0926. The van der Waals surface area contributed by atoms with Gasteiger partial charge >= 0.3 is 0 Å². The number of rotatable bonds is 3. The van der Waals surface area contributed by atoms with Crippen molar-refractivity contribution in [2.75, 3.05) is 0 Å². The summed E-state index contributed by atoms with van der Waals surface area (Å²) in [6.07, 6.45) is 6.12. The van der Waals surface area contributed by atoms with Crippen molar-refractivity contribution >= 4 is 27.5 Å². The summed E-state index contributed by atoms with van der Waals surface area (Å²) >= 11 is 1.44. The SMILES string of the molecule is Cc1nc(-c2ccco2)nc2sc(C(=O)NC3CCC(C)CC3)c(C)c12. The lowest BCUT2D eigenvalue weighted by Gasteiger charge is -2.26. The first-order chi connectivity index (χ1) is 12.5. The fraction of sp³-hybridized carbons (Fsp3) is 0.450. The van der Waals surface area contributed by atoms with Gasteiger partial charge in [0, 0.05) is 11.4 Å². The van der Waals surface area contributed by atoms with Crippen LogP contribution < -0.4 is 5.32 Å². The summed E-state index contributed by atoms with van der Waals surface area (Å²) in [5.41, 5.74) is 1.84. The third-order valence-corrected chi connectivity index (χ3v) is 6.45. The lowest BCUT2D eigenvalue weighted by atomic mass is 9.87. The summed E-state index contributed by atoms with van der Waals surface area (Å²) < 4.78 is 5.42. The lowest BCUT2D eigenvalue weighted by Crippen LogP contribution is -2.37. The van der Waals surface area contributed by atoms with Crippen LogP contribution in [0.15, 0.2) is 22.8 Å². The van der Waals surface area contributed by atoms with Gasteiger partial charge in [-0.15, -0.1) is 11.3 Å². The standard InChI is InChI=1S/C20H23N3O2S/c1-11-6-8-14(9-7-11)22-19(24)17-12(2)16-13(3)21-18(23-20(16)26-17)15-5-4-10-25-15/h4-5,10-11,14H,6-9H2,1-3H3,(H,22,24). The zero-order valence-corrected chi connectivity index (χ0v) is 16.2. The summed E-state index contributed by atoms with van der Waals surface area (Å²) in [4.78, 5) is 23.6. The molecule has 0 unspecified atom stereocenters. The van der Waals surface area contributed by atoms with Gasteiger partial charge in [0.05, 0.1) is 16.8 Å². The van der Waals surface area contributed by atoms with Crippen LogP contribution >= 0.6 is 11.3 Å². The second kappa shape index (κ2) is 6.83. The molecule has 1 saturated carbocycles. The molecule has 1 fully saturated rings. The normalized spacial score (nSPS) is 20.4. The number of aryl methyl sites for hydroxylation is 2. The maximum Gasteiger partial charge on any atom is 0.261 e. The minimum absolute atomic E-state index is 0.0176. The number of fused-ring (bicyclic) bond motifs is 1. The van der Waals surface area contributed by atoms with E-state index in [2.05, 4.69) is 22.2 Å². The van der Waals surface area contributed by atoms with Gasteiger partial charge in [-0.25, -0.2) is 9.97 Å². The molecule has 6 heteroatoms. The predicted molar refractivity (Wildman–Crippen MR) is 103 cm³/mol. The molecule has 5 nitrogen and oxygen atoms in total. The molecule has 0 aliphatic heterocycles. The summed E-state index contributed by atoms with van der Waals surface area (Å²) in [5, 5.41) is 4.20. The summed E-state index contributed by atoms with van der Waals surface area (Å²) in [5.74, 6) is 1.99. The number of hydrogen-bond donors (Lipinski definition) is 1. The van der Waals surface area contributed by atoms with Gasteiger partial charge in [-0.05, 0) is 63.1 Å². The monoisotopic (exact) mass is 369 g/mol. The average molecular weight is 369 g/mol. The first-order valence-corrected chi connectivity index (χ1v) is 9.97. The van der Waals surface area contributed by atoms with Crippen LogP contribution in [0.3, 0.4) is 0 Å². The molecule has 136 valence electrons. The van der Waals surface area contributed by atoms with Crippen LogP contribution in [0.5, 0.6) is 0 Å². The molecule has 1 aliphatic rings. The van der Waals surface area contributed by atoms with E-state index in [1.165, 1.54) is 24.2 Å². The van der Waals surface area contributed by atoms with E-state index in [0.29, 0.717) is 11.6 Å². The van der Waals surface area contributed by atoms with Crippen molar-refractivity contribution in [1.29, 1.82) is 0 Å². The topological polar surface area (TPSA) is 68.0 Å². The van der Waals surface area contributed by atoms with Crippen molar-refractivity contribution in [1.82, 2.24) is 15.3 Å². The Morgan fingerprint density at radius 2 is 2.00 bits per heavy atom. The maximum absolute atomic E-state index is 12.8. The van der Waals surface area contributed by atoms with Gasteiger partial charge in [0.1, 0.15) is 4.83 Å². The zero-order chi connectivity index (χ0) is 18.3. The van der Waals surface area contributed by atoms with E-state index in [0.717, 1.165) is 45.1 Å². The zero-order valence-electron chi connectivity index (χ0n) is 15.3. The summed E-state index contributed by atoms with van der Waals surface area (Å²) in [6, 6.07) is 3.95. The van der Waals surface area contributed by atoms with Crippen molar-refractivity contribution in [3.63, 3.8) is 0 Å². The fourth-order valence-corrected chi connectivity index (χ4v) is 4.86. The van der Waals surface area contributed by atoms with Crippen LogP contribution in [0.2, 0.25) is 0 Å². The molecular formula is C20H23N3O2S. The number of nitrogens with zero attached hydrogens (tertiary/aromatic N) is 2. The maximum atomic E-state index is 12.8. The van der Waals surface area contributed by atoms with Crippen LogP contribution in [-0.2, 0) is 0 Å². The van der Waals surface area contributed by atoms with Crippen molar-refractivity contribution in [3.8, 4) is 11.6 Å². The van der Waals surface area contributed by atoms with Crippen molar-refractivity contribution in [3.05, 3.63) is 34.5 Å². The average Bonchev–Trinajstić information content (AvgIpc) is 3.25. The highest BCUT2D eigenvalue weighted by atomic mass is 32.1. The highest BCUT2D eigenvalue weighted by Gasteiger charge is 2.24. The Kier molecular flexibility index (Phi) is 4.53. The number of amides is 1. The van der Waals surface area contributed by atoms with Gasteiger partial charge in [-0.2, -0.15) is 0 Å². The number of thiophene rings is 1. The molecule has 1 amide bonds. The number of hydrogen-bond acceptors (Lipinski definition) is 5. The van der Waals surface area contributed by atoms with Crippen LogP contribution in [0, 0.1) is 19.8 Å². The van der Waals surface area contributed by atoms with Crippen LogP contribution in [0.25, 0.3) is 21.8 Å². The quantitative estimate of drug-likeness (QED) is 0.715. The Morgan fingerprint density at radius 1 is 1.23 bits per heavy atom.